The summed E-state index contributed by atoms with van der Waals surface area (Å²) in [6.07, 6.45) is -0.325. The maximum atomic E-state index is 12.1. The smallest absolute Gasteiger partial charge is 0.240 e. The van der Waals surface area contributed by atoms with E-state index in [1.165, 1.54) is 18.2 Å². The maximum Gasteiger partial charge on any atom is 0.240 e. The van der Waals surface area contributed by atoms with Gasteiger partial charge in [-0.15, -0.1) is 0 Å². The monoisotopic (exact) mass is 339 g/mol. The van der Waals surface area contributed by atoms with Crippen LogP contribution in [0.1, 0.15) is 13.8 Å². The van der Waals surface area contributed by atoms with Gasteiger partial charge in [0.05, 0.1) is 17.6 Å². The Morgan fingerprint density at radius 2 is 1.90 bits per heavy atom. The molecule has 0 radical (unpaired) electrons. The van der Waals surface area contributed by atoms with Crippen LogP contribution in [0.2, 0.25) is 10.0 Å². The molecule has 1 atom stereocenters. The lowest BCUT2D eigenvalue weighted by atomic mass is 10.4. The SMILES string of the molecule is CC1(C)OCC(CNS(=O)(=O)c2cc(Cl)cc(Cl)c2)O1. The van der Waals surface area contributed by atoms with E-state index in [0.717, 1.165) is 0 Å². The molecule has 1 aromatic rings. The van der Waals surface area contributed by atoms with Gasteiger partial charge in [-0.1, -0.05) is 23.2 Å². The van der Waals surface area contributed by atoms with Crippen LogP contribution in [0.5, 0.6) is 0 Å². The van der Waals surface area contributed by atoms with Gasteiger partial charge in [0.15, 0.2) is 5.79 Å². The molecule has 0 amide bonds. The van der Waals surface area contributed by atoms with E-state index in [0.29, 0.717) is 6.61 Å². The van der Waals surface area contributed by atoms with Gasteiger partial charge in [-0.25, -0.2) is 13.1 Å². The van der Waals surface area contributed by atoms with E-state index < -0.39 is 15.8 Å². The molecule has 2 rings (SSSR count). The summed E-state index contributed by atoms with van der Waals surface area (Å²) in [5, 5.41) is 0.527. The van der Waals surface area contributed by atoms with Gasteiger partial charge in [0.25, 0.3) is 0 Å². The zero-order valence-corrected chi connectivity index (χ0v) is 13.3. The van der Waals surface area contributed by atoms with E-state index in [-0.39, 0.29) is 27.6 Å². The summed E-state index contributed by atoms with van der Waals surface area (Å²) in [5.41, 5.74) is 0. The number of rotatable bonds is 4. The molecule has 1 fully saturated rings. The molecule has 1 heterocycles. The highest BCUT2D eigenvalue weighted by Crippen LogP contribution is 2.24. The average Bonchev–Trinajstić information content (AvgIpc) is 2.65. The summed E-state index contributed by atoms with van der Waals surface area (Å²) in [6.45, 7) is 4.01. The molecule has 20 heavy (non-hydrogen) atoms. The molecule has 0 saturated carbocycles. The Labute approximate surface area is 128 Å². The van der Waals surface area contributed by atoms with Crippen LogP contribution in [0, 0.1) is 0 Å². The molecule has 1 unspecified atom stereocenters. The zero-order valence-electron chi connectivity index (χ0n) is 11.0. The van der Waals surface area contributed by atoms with E-state index in [9.17, 15) is 8.42 Å². The van der Waals surface area contributed by atoms with Crippen molar-refractivity contribution >= 4 is 33.2 Å². The lowest BCUT2D eigenvalue weighted by molar-refractivity contribution is -0.137. The number of hydrogen-bond acceptors (Lipinski definition) is 4. The van der Waals surface area contributed by atoms with Crippen LogP contribution in [0.25, 0.3) is 0 Å². The minimum atomic E-state index is -3.68. The van der Waals surface area contributed by atoms with Gasteiger partial charge in [-0.05, 0) is 32.0 Å². The van der Waals surface area contributed by atoms with E-state index >= 15 is 0 Å². The highest BCUT2D eigenvalue weighted by atomic mass is 35.5. The van der Waals surface area contributed by atoms with E-state index in [2.05, 4.69) is 4.72 Å². The van der Waals surface area contributed by atoms with Gasteiger partial charge in [0, 0.05) is 16.6 Å². The minimum Gasteiger partial charge on any atom is -0.348 e. The van der Waals surface area contributed by atoms with Gasteiger partial charge in [0.1, 0.15) is 0 Å². The molecule has 8 heteroatoms. The molecule has 1 aliphatic heterocycles. The van der Waals surface area contributed by atoms with Crippen molar-refractivity contribution in [3.05, 3.63) is 28.2 Å². The van der Waals surface area contributed by atoms with Crippen LogP contribution in [0.15, 0.2) is 23.1 Å². The average molecular weight is 340 g/mol. The first-order valence-electron chi connectivity index (χ1n) is 5.95. The first kappa shape index (κ1) is 16.0. The molecule has 0 spiro atoms. The molecule has 1 N–H and O–H groups in total. The van der Waals surface area contributed by atoms with Crippen LogP contribution >= 0.6 is 23.2 Å². The number of halogens is 2. The minimum absolute atomic E-state index is 0.0215. The third kappa shape index (κ3) is 4.07. The Kier molecular flexibility index (Phi) is 4.63. The summed E-state index contributed by atoms with van der Waals surface area (Å²) >= 11 is 11.6. The van der Waals surface area contributed by atoms with Crippen molar-refractivity contribution in [2.45, 2.75) is 30.6 Å². The Hall–Kier alpha value is -0.370. The van der Waals surface area contributed by atoms with E-state index in [1.807, 2.05) is 0 Å². The molecular formula is C12H15Cl2NO4S. The Bertz CT molecular complexity index is 583. The summed E-state index contributed by atoms with van der Waals surface area (Å²) in [7, 11) is -3.68. The highest BCUT2D eigenvalue weighted by molar-refractivity contribution is 7.89. The first-order valence-corrected chi connectivity index (χ1v) is 8.19. The summed E-state index contributed by atoms with van der Waals surface area (Å²) in [6, 6.07) is 4.15. The normalized spacial score (nSPS) is 22.1. The fourth-order valence-electron chi connectivity index (χ4n) is 1.83. The van der Waals surface area contributed by atoms with Crippen molar-refractivity contribution in [2.24, 2.45) is 0 Å². The first-order chi connectivity index (χ1) is 9.18. The van der Waals surface area contributed by atoms with Crippen molar-refractivity contribution in [1.82, 2.24) is 4.72 Å². The topological polar surface area (TPSA) is 64.6 Å². The lowest BCUT2D eigenvalue weighted by Gasteiger charge is -2.17. The van der Waals surface area contributed by atoms with Crippen molar-refractivity contribution < 1.29 is 17.9 Å². The molecule has 0 aliphatic carbocycles. The molecular weight excluding hydrogens is 325 g/mol. The van der Waals surface area contributed by atoms with Crippen LogP contribution in [0.3, 0.4) is 0 Å². The summed E-state index contributed by atoms with van der Waals surface area (Å²) in [4.78, 5) is 0.0215. The number of nitrogens with one attached hydrogen (secondary N) is 1. The van der Waals surface area contributed by atoms with Gasteiger partial charge in [-0.2, -0.15) is 0 Å². The number of hydrogen-bond donors (Lipinski definition) is 1. The van der Waals surface area contributed by atoms with E-state index in [4.69, 9.17) is 32.7 Å². The van der Waals surface area contributed by atoms with Crippen molar-refractivity contribution in [3.8, 4) is 0 Å². The third-order valence-corrected chi connectivity index (χ3v) is 4.55. The van der Waals surface area contributed by atoms with Crippen LogP contribution in [0.4, 0.5) is 0 Å². The molecule has 1 aliphatic rings. The fourth-order valence-corrected chi connectivity index (χ4v) is 3.62. The lowest BCUT2D eigenvalue weighted by Crippen LogP contribution is -2.34. The van der Waals surface area contributed by atoms with Gasteiger partial charge < -0.3 is 9.47 Å². The van der Waals surface area contributed by atoms with E-state index in [1.54, 1.807) is 13.8 Å². The molecule has 1 aromatic carbocycles. The van der Waals surface area contributed by atoms with Crippen molar-refractivity contribution in [1.29, 1.82) is 0 Å². The summed E-state index contributed by atoms with van der Waals surface area (Å²) in [5.74, 6) is -0.685. The molecule has 1 saturated heterocycles. The highest BCUT2D eigenvalue weighted by Gasteiger charge is 2.33. The van der Waals surface area contributed by atoms with Crippen LogP contribution < -0.4 is 4.72 Å². The second-order valence-corrected chi connectivity index (χ2v) is 7.55. The Morgan fingerprint density at radius 1 is 1.30 bits per heavy atom. The predicted octanol–water partition coefficient (Wildman–Crippen LogP) is 2.42. The molecule has 5 nitrogen and oxygen atoms in total. The molecule has 112 valence electrons. The number of benzene rings is 1. The van der Waals surface area contributed by atoms with Crippen LogP contribution in [-0.4, -0.2) is 33.5 Å². The molecule has 0 bridgehead atoms. The zero-order chi connectivity index (χ0) is 15.0. The van der Waals surface area contributed by atoms with Crippen LogP contribution in [-0.2, 0) is 19.5 Å². The third-order valence-electron chi connectivity index (χ3n) is 2.71. The maximum absolute atomic E-state index is 12.1. The quantitative estimate of drug-likeness (QED) is 0.914. The standard InChI is InChI=1S/C12H15Cl2NO4S/c1-12(2)18-7-10(19-12)6-15-20(16,17)11-4-8(13)3-9(14)5-11/h3-5,10,15H,6-7H2,1-2H3. The van der Waals surface area contributed by atoms with Crippen molar-refractivity contribution in [2.75, 3.05) is 13.2 Å². The largest absolute Gasteiger partial charge is 0.348 e. The Balaban J connectivity index is 2.04. The molecule has 0 aromatic heterocycles. The number of ether oxygens (including phenoxy) is 2. The van der Waals surface area contributed by atoms with Gasteiger partial charge in [0.2, 0.25) is 10.0 Å². The second-order valence-electron chi connectivity index (χ2n) is 4.91. The Morgan fingerprint density at radius 3 is 2.40 bits per heavy atom. The van der Waals surface area contributed by atoms with Crippen molar-refractivity contribution in [3.63, 3.8) is 0 Å². The van der Waals surface area contributed by atoms with Gasteiger partial charge >= 0.3 is 0 Å². The fraction of sp³-hybridized carbons (Fsp3) is 0.500. The van der Waals surface area contributed by atoms with Gasteiger partial charge in [-0.3, -0.25) is 0 Å². The summed E-state index contributed by atoms with van der Waals surface area (Å²) < 4.78 is 37.6. The number of sulfonamides is 1. The second kappa shape index (κ2) is 5.79. The predicted molar refractivity (Wildman–Crippen MR) is 76.6 cm³/mol.